The van der Waals surface area contributed by atoms with Crippen LogP contribution in [0.2, 0.25) is 0 Å². The van der Waals surface area contributed by atoms with Crippen LogP contribution >= 0.6 is 0 Å². The van der Waals surface area contributed by atoms with Gasteiger partial charge in [0.25, 0.3) is 0 Å². The molecule has 0 aliphatic heterocycles. The number of hydrogen-bond donors (Lipinski definition) is 0. The lowest BCUT2D eigenvalue weighted by molar-refractivity contribution is 0.797. The topological polar surface area (TPSA) is 43.6 Å². The lowest BCUT2D eigenvalue weighted by atomic mass is 10.2. The van der Waals surface area contributed by atoms with E-state index >= 15 is 0 Å². The SMILES string of the molecule is c1ccc(Cn2cnc(-c3cnc(-c4ccccc4)nc3)c2)cc1. The number of benzene rings is 2. The average molecular weight is 312 g/mol. The lowest BCUT2D eigenvalue weighted by Gasteiger charge is -2.02. The Hall–Kier alpha value is -3.27. The van der Waals surface area contributed by atoms with Crippen LogP contribution in [0.1, 0.15) is 5.56 Å². The Kier molecular flexibility index (Phi) is 3.86. The van der Waals surface area contributed by atoms with Gasteiger partial charge in [0.05, 0.1) is 12.0 Å². The van der Waals surface area contributed by atoms with Crippen molar-refractivity contribution in [2.24, 2.45) is 0 Å². The molecule has 0 saturated carbocycles. The Morgan fingerprint density at radius 3 is 2.08 bits per heavy atom. The number of nitrogens with zero attached hydrogens (tertiary/aromatic N) is 4. The van der Waals surface area contributed by atoms with Gasteiger partial charge in [0.15, 0.2) is 5.82 Å². The standard InChI is InChI=1S/C20H16N4/c1-3-7-16(8-4-1)13-24-14-19(23-15-24)18-11-21-20(22-12-18)17-9-5-2-6-10-17/h1-12,14-15H,13H2. The minimum absolute atomic E-state index is 0.725. The van der Waals surface area contributed by atoms with E-state index in [4.69, 9.17) is 0 Å². The Labute approximate surface area is 140 Å². The molecule has 0 saturated heterocycles. The molecule has 2 aromatic heterocycles. The number of imidazole rings is 1. The van der Waals surface area contributed by atoms with Crippen molar-refractivity contribution in [3.8, 4) is 22.6 Å². The summed E-state index contributed by atoms with van der Waals surface area (Å²) in [5, 5.41) is 0. The van der Waals surface area contributed by atoms with Crippen molar-refractivity contribution < 1.29 is 0 Å². The van der Waals surface area contributed by atoms with Crippen molar-refractivity contribution in [2.45, 2.75) is 6.54 Å². The maximum atomic E-state index is 4.47. The molecule has 2 aromatic carbocycles. The summed E-state index contributed by atoms with van der Waals surface area (Å²) in [6, 6.07) is 20.3. The molecule has 24 heavy (non-hydrogen) atoms. The molecule has 4 rings (SSSR count). The fourth-order valence-electron chi connectivity index (χ4n) is 2.59. The van der Waals surface area contributed by atoms with Crippen LogP contribution in [-0.2, 0) is 6.54 Å². The lowest BCUT2D eigenvalue weighted by Crippen LogP contribution is -1.95. The molecule has 0 radical (unpaired) electrons. The van der Waals surface area contributed by atoms with Gasteiger partial charge in [-0.1, -0.05) is 60.7 Å². The third-order valence-corrected chi connectivity index (χ3v) is 3.82. The second kappa shape index (κ2) is 6.46. The van der Waals surface area contributed by atoms with E-state index in [0.29, 0.717) is 0 Å². The van der Waals surface area contributed by atoms with Crippen LogP contribution in [0.15, 0.2) is 85.6 Å². The largest absolute Gasteiger partial charge is 0.332 e. The van der Waals surface area contributed by atoms with E-state index in [1.165, 1.54) is 5.56 Å². The summed E-state index contributed by atoms with van der Waals surface area (Å²) < 4.78 is 2.07. The third-order valence-electron chi connectivity index (χ3n) is 3.82. The average Bonchev–Trinajstić information content (AvgIpc) is 3.12. The van der Waals surface area contributed by atoms with Gasteiger partial charge in [-0.2, -0.15) is 0 Å². The van der Waals surface area contributed by atoms with Crippen molar-refractivity contribution in [2.75, 3.05) is 0 Å². The molecule has 0 atom stereocenters. The molecule has 0 unspecified atom stereocenters. The zero-order valence-electron chi connectivity index (χ0n) is 13.1. The van der Waals surface area contributed by atoms with E-state index < -0.39 is 0 Å². The fraction of sp³-hybridized carbons (Fsp3) is 0.0500. The fourth-order valence-corrected chi connectivity index (χ4v) is 2.59. The van der Waals surface area contributed by atoms with Gasteiger partial charge < -0.3 is 4.57 Å². The molecule has 0 bridgehead atoms. The first kappa shape index (κ1) is 14.3. The highest BCUT2D eigenvalue weighted by Crippen LogP contribution is 2.19. The maximum Gasteiger partial charge on any atom is 0.159 e. The minimum Gasteiger partial charge on any atom is -0.332 e. The van der Waals surface area contributed by atoms with E-state index in [1.807, 2.05) is 73.4 Å². The number of rotatable bonds is 4. The molecule has 2 heterocycles. The van der Waals surface area contributed by atoms with E-state index in [1.54, 1.807) is 0 Å². The van der Waals surface area contributed by atoms with Gasteiger partial charge in [0.1, 0.15) is 0 Å². The Bertz CT molecular complexity index is 913. The maximum absolute atomic E-state index is 4.47. The van der Waals surface area contributed by atoms with Crippen LogP contribution in [0.25, 0.3) is 22.6 Å². The zero-order chi connectivity index (χ0) is 16.2. The summed E-state index contributed by atoms with van der Waals surface area (Å²) in [6.45, 7) is 0.802. The second-order valence-corrected chi connectivity index (χ2v) is 5.58. The first-order valence-corrected chi connectivity index (χ1v) is 7.82. The molecule has 4 aromatic rings. The molecule has 0 aliphatic carbocycles. The number of aromatic nitrogens is 4. The van der Waals surface area contributed by atoms with Crippen molar-refractivity contribution in [3.63, 3.8) is 0 Å². The summed E-state index contributed by atoms with van der Waals surface area (Å²) in [7, 11) is 0. The van der Waals surface area contributed by atoms with Crippen LogP contribution in [-0.4, -0.2) is 19.5 Å². The van der Waals surface area contributed by atoms with Crippen molar-refractivity contribution in [3.05, 3.63) is 91.1 Å². The van der Waals surface area contributed by atoms with Gasteiger partial charge in [0, 0.05) is 36.3 Å². The van der Waals surface area contributed by atoms with Gasteiger partial charge in [-0.15, -0.1) is 0 Å². The highest BCUT2D eigenvalue weighted by molar-refractivity contribution is 5.60. The quantitative estimate of drug-likeness (QED) is 0.571. The van der Waals surface area contributed by atoms with Crippen LogP contribution in [0.3, 0.4) is 0 Å². The minimum atomic E-state index is 0.725. The van der Waals surface area contributed by atoms with Crippen LogP contribution in [0.4, 0.5) is 0 Å². The summed E-state index contributed by atoms with van der Waals surface area (Å²) in [4.78, 5) is 13.4. The normalized spacial score (nSPS) is 10.7. The molecule has 116 valence electrons. The van der Waals surface area contributed by atoms with Gasteiger partial charge in [-0.25, -0.2) is 15.0 Å². The first-order valence-electron chi connectivity index (χ1n) is 7.82. The Morgan fingerprint density at radius 2 is 1.38 bits per heavy atom. The van der Waals surface area contributed by atoms with Crippen LogP contribution < -0.4 is 0 Å². The van der Waals surface area contributed by atoms with Crippen molar-refractivity contribution in [1.29, 1.82) is 0 Å². The summed E-state index contributed by atoms with van der Waals surface area (Å²) in [5.41, 5.74) is 4.06. The van der Waals surface area contributed by atoms with Crippen LogP contribution in [0, 0.1) is 0 Å². The van der Waals surface area contributed by atoms with Gasteiger partial charge in [0.2, 0.25) is 0 Å². The summed E-state index contributed by atoms with van der Waals surface area (Å²) in [6.07, 6.45) is 7.51. The zero-order valence-corrected chi connectivity index (χ0v) is 13.1. The third kappa shape index (κ3) is 3.08. The monoisotopic (exact) mass is 312 g/mol. The first-order chi connectivity index (χ1) is 11.9. The molecule has 0 N–H and O–H groups in total. The predicted octanol–water partition coefficient (Wildman–Crippen LogP) is 4.06. The van der Waals surface area contributed by atoms with Crippen molar-refractivity contribution >= 4 is 0 Å². The molecule has 0 amide bonds. The van der Waals surface area contributed by atoms with E-state index in [0.717, 1.165) is 29.2 Å². The highest BCUT2D eigenvalue weighted by Gasteiger charge is 2.06. The smallest absolute Gasteiger partial charge is 0.159 e. The van der Waals surface area contributed by atoms with Gasteiger partial charge >= 0.3 is 0 Å². The Morgan fingerprint density at radius 1 is 0.708 bits per heavy atom. The van der Waals surface area contributed by atoms with E-state index in [-0.39, 0.29) is 0 Å². The van der Waals surface area contributed by atoms with Gasteiger partial charge in [-0.3, -0.25) is 0 Å². The summed E-state index contributed by atoms with van der Waals surface area (Å²) >= 11 is 0. The van der Waals surface area contributed by atoms with Gasteiger partial charge in [-0.05, 0) is 5.56 Å². The van der Waals surface area contributed by atoms with Crippen LogP contribution in [0.5, 0.6) is 0 Å². The van der Waals surface area contributed by atoms with E-state index in [2.05, 4.69) is 31.7 Å². The molecule has 4 nitrogen and oxygen atoms in total. The predicted molar refractivity (Wildman–Crippen MR) is 94.2 cm³/mol. The molecule has 0 spiro atoms. The molecular weight excluding hydrogens is 296 g/mol. The van der Waals surface area contributed by atoms with Crippen molar-refractivity contribution in [1.82, 2.24) is 19.5 Å². The summed E-state index contributed by atoms with van der Waals surface area (Å²) in [5.74, 6) is 0.725. The Balaban J connectivity index is 1.54. The number of hydrogen-bond acceptors (Lipinski definition) is 3. The molecule has 4 heteroatoms. The second-order valence-electron chi connectivity index (χ2n) is 5.58. The molecule has 0 aliphatic rings. The highest BCUT2D eigenvalue weighted by atomic mass is 15.0. The molecule has 0 fully saturated rings. The van der Waals surface area contributed by atoms with E-state index in [9.17, 15) is 0 Å². The molecular formula is C20H16N4.